The maximum atomic E-state index is 5.27. The van der Waals surface area contributed by atoms with Gasteiger partial charge >= 0.3 is 0 Å². The van der Waals surface area contributed by atoms with Crippen LogP contribution >= 0.6 is 11.8 Å². The maximum Gasteiger partial charge on any atom is 0.160 e. The van der Waals surface area contributed by atoms with E-state index < -0.39 is 5.41 Å². The van der Waals surface area contributed by atoms with Crippen LogP contribution in [0.25, 0.3) is 56.2 Å². The fourth-order valence-electron chi connectivity index (χ4n) is 8.38. The molecule has 0 saturated heterocycles. The van der Waals surface area contributed by atoms with E-state index in [-0.39, 0.29) is 0 Å². The summed E-state index contributed by atoms with van der Waals surface area (Å²) in [5.74, 6) is 0.718. The van der Waals surface area contributed by atoms with Crippen LogP contribution in [0.15, 0.2) is 186 Å². The maximum absolute atomic E-state index is 5.27. The molecule has 2 heterocycles. The Morgan fingerprint density at radius 2 is 0.882 bits per heavy atom. The summed E-state index contributed by atoms with van der Waals surface area (Å²) < 4.78 is 0. The summed E-state index contributed by atoms with van der Waals surface area (Å²) in [5.41, 5.74) is 16.0. The number of fused-ring (bicyclic) bond motifs is 9. The minimum Gasteiger partial charge on any atom is -0.228 e. The number of hydrogen-bond acceptors (Lipinski definition) is 3. The highest BCUT2D eigenvalue weighted by atomic mass is 32.2. The van der Waals surface area contributed by atoms with Gasteiger partial charge in [-0.25, -0.2) is 9.97 Å². The summed E-state index contributed by atoms with van der Waals surface area (Å²) in [4.78, 5) is 13.1. The van der Waals surface area contributed by atoms with Gasteiger partial charge in [0.25, 0.3) is 0 Å². The first kappa shape index (κ1) is 29.8. The van der Waals surface area contributed by atoms with Gasteiger partial charge in [0.2, 0.25) is 0 Å². The normalized spacial score (nSPS) is 13.3. The van der Waals surface area contributed by atoms with Gasteiger partial charge in [-0.15, -0.1) is 0 Å². The summed E-state index contributed by atoms with van der Waals surface area (Å²) >= 11 is 1.88. The molecule has 0 atom stereocenters. The molecule has 51 heavy (non-hydrogen) atoms. The van der Waals surface area contributed by atoms with Crippen molar-refractivity contribution in [1.29, 1.82) is 0 Å². The third kappa shape index (κ3) is 4.52. The Kier molecular flexibility index (Phi) is 6.90. The fourth-order valence-corrected chi connectivity index (χ4v) is 9.61. The van der Waals surface area contributed by atoms with Crippen LogP contribution < -0.4 is 0 Å². The molecule has 1 aliphatic carbocycles. The van der Waals surface area contributed by atoms with Crippen molar-refractivity contribution in [3.8, 4) is 56.2 Å². The Morgan fingerprint density at radius 3 is 1.53 bits per heavy atom. The summed E-state index contributed by atoms with van der Waals surface area (Å²) in [7, 11) is 0. The van der Waals surface area contributed by atoms with Crippen molar-refractivity contribution in [3.63, 3.8) is 0 Å². The van der Waals surface area contributed by atoms with Crippen LogP contribution in [0.2, 0.25) is 0 Å². The van der Waals surface area contributed by atoms with Crippen molar-refractivity contribution in [2.75, 3.05) is 0 Å². The SMILES string of the molecule is Cc1c(-c2ccccc2)nc(-c2cccc(-c3cccc4c3C3(c5ccccc5S4)c4ccccc4-c4ccccc43)c2)nc1-c1ccccc1. The predicted molar refractivity (Wildman–Crippen MR) is 210 cm³/mol. The quantitative estimate of drug-likeness (QED) is 0.187. The zero-order valence-electron chi connectivity index (χ0n) is 28.0. The number of nitrogens with zero attached hydrogens (tertiary/aromatic N) is 2. The van der Waals surface area contributed by atoms with Crippen molar-refractivity contribution >= 4 is 11.8 Å². The Hall–Kier alpha value is -6.03. The monoisotopic (exact) mass is 668 g/mol. The second kappa shape index (κ2) is 11.8. The van der Waals surface area contributed by atoms with Gasteiger partial charge in [0.05, 0.1) is 16.8 Å². The van der Waals surface area contributed by atoms with Gasteiger partial charge < -0.3 is 0 Å². The fraction of sp³-hybridized carbons (Fsp3) is 0.0417. The van der Waals surface area contributed by atoms with Crippen LogP contribution in [0.1, 0.15) is 27.8 Å². The molecule has 10 rings (SSSR count). The molecule has 0 bridgehead atoms. The molecule has 3 heteroatoms. The highest BCUT2D eigenvalue weighted by Gasteiger charge is 2.51. The molecular weight excluding hydrogens is 637 g/mol. The van der Waals surface area contributed by atoms with E-state index >= 15 is 0 Å². The lowest BCUT2D eigenvalue weighted by Crippen LogP contribution is -2.32. The second-order valence-corrected chi connectivity index (χ2v) is 14.4. The molecule has 2 aliphatic rings. The third-order valence-electron chi connectivity index (χ3n) is 10.5. The van der Waals surface area contributed by atoms with Gasteiger partial charge in [0.1, 0.15) is 0 Å². The van der Waals surface area contributed by atoms with Gasteiger partial charge in [-0.1, -0.05) is 169 Å². The first-order chi connectivity index (χ1) is 25.2. The predicted octanol–water partition coefficient (Wildman–Crippen LogP) is 12.3. The summed E-state index contributed by atoms with van der Waals surface area (Å²) in [6, 6.07) is 63.6. The number of aromatic nitrogens is 2. The van der Waals surface area contributed by atoms with Crippen LogP contribution in [-0.4, -0.2) is 9.97 Å². The summed E-state index contributed by atoms with van der Waals surface area (Å²) in [6.07, 6.45) is 0. The lowest BCUT2D eigenvalue weighted by molar-refractivity contribution is 0.724. The van der Waals surface area contributed by atoms with Crippen LogP contribution in [0.5, 0.6) is 0 Å². The number of rotatable bonds is 4. The first-order valence-electron chi connectivity index (χ1n) is 17.4. The highest BCUT2D eigenvalue weighted by Crippen LogP contribution is 2.63. The van der Waals surface area contributed by atoms with Crippen molar-refractivity contribution in [2.24, 2.45) is 0 Å². The molecule has 1 aromatic heterocycles. The topological polar surface area (TPSA) is 25.8 Å². The van der Waals surface area contributed by atoms with E-state index in [2.05, 4.69) is 171 Å². The average molecular weight is 669 g/mol. The molecule has 0 saturated carbocycles. The van der Waals surface area contributed by atoms with Crippen molar-refractivity contribution in [2.45, 2.75) is 22.1 Å². The largest absolute Gasteiger partial charge is 0.228 e. The Labute approximate surface area is 302 Å². The molecule has 240 valence electrons. The molecule has 0 fully saturated rings. The minimum atomic E-state index is -0.460. The number of benzene rings is 7. The van der Waals surface area contributed by atoms with E-state index in [4.69, 9.17) is 9.97 Å². The molecule has 2 nitrogen and oxygen atoms in total. The lowest BCUT2D eigenvalue weighted by atomic mass is 9.65. The molecule has 0 unspecified atom stereocenters. The zero-order valence-corrected chi connectivity index (χ0v) is 28.9. The van der Waals surface area contributed by atoms with E-state index in [1.165, 1.54) is 48.7 Å². The van der Waals surface area contributed by atoms with Gasteiger partial charge in [0, 0.05) is 32.0 Å². The van der Waals surface area contributed by atoms with E-state index in [1.807, 2.05) is 23.9 Å². The van der Waals surface area contributed by atoms with Gasteiger partial charge in [-0.05, 0) is 69.6 Å². The van der Waals surface area contributed by atoms with Crippen LogP contribution in [0, 0.1) is 6.92 Å². The highest BCUT2D eigenvalue weighted by molar-refractivity contribution is 7.99. The summed E-state index contributed by atoms with van der Waals surface area (Å²) in [5, 5.41) is 0. The molecule has 0 N–H and O–H groups in total. The molecule has 8 aromatic rings. The van der Waals surface area contributed by atoms with Gasteiger partial charge in [0.15, 0.2) is 5.82 Å². The minimum absolute atomic E-state index is 0.460. The average Bonchev–Trinajstić information content (AvgIpc) is 3.49. The second-order valence-electron chi connectivity index (χ2n) is 13.3. The van der Waals surface area contributed by atoms with E-state index in [0.717, 1.165) is 45.0 Å². The third-order valence-corrected chi connectivity index (χ3v) is 11.7. The standard InChI is InChI=1S/C48H32N2S/c1-31-45(32-16-4-2-5-17-32)49-47(50-46(31)33-18-6-3-7-19-33)35-21-14-20-34(30-35)36-24-15-29-43-44(36)48(41-27-12-13-28-42(41)51-43)39-25-10-8-22-37(39)38-23-9-11-26-40(38)48/h2-30H,1H3. The van der Waals surface area contributed by atoms with Gasteiger partial charge in [-0.2, -0.15) is 0 Å². The Balaban J connectivity index is 1.22. The van der Waals surface area contributed by atoms with Crippen LogP contribution in [0.4, 0.5) is 0 Å². The van der Waals surface area contributed by atoms with Crippen molar-refractivity contribution in [3.05, 3.63) is 204 Å². The van der Waals surface area contributed by atoms with E-state index in [1.54, 1.807) is 0 Å². The Morgan fingerprint density at radius 1 is 0.412 bits per heavy atom. The smallest absolute Gasteiger partial charge is 0.160 e. The van der Waals surface area contributed by atoms with Crippen LogP contribution in [0.3, 0.4) is 0 Å². The van der Waals surface area contributed by atoms with Gasteiger partial charge in [-0.3, -0.25) is 0 Å². The molecular formula is C48H32N2S. The van der Waals surface area contributed by atoms with Crippen molar-refractivity contribution < 1.29 is 0 Å². The number of hydrogen-bond donors (Lipinski definition) is 0. The first-order valence-corrected chi connectivity index (χ1v) is 18.2. The molecule has 0 radical (unpaired) electrons. The summed E-state index contributed by atoms with van der Waals surface area (Å²) in [6.45, 7) is 2.13. The molecule has 7 aromatic carbocycles. The molecule has 1 aliphatic heterocycles. The van der Waals surface area contributed by atoms with Crippen molar-refractivity contribution in [1.82, 2.24) is 9.97 Å². The van der Waals surface area contributed by atoms with Crippen LogP contribution in [-0.2, 0) is 5.41 Å². The Bertz CT molecular complexity index is 2520. The lowest BCUT2D eigenvalue weighted by Gasteiger charge is -2.41. The van der Waals surface area contributed by atoms with E-state index in [0.29, 0.717) is 0 Å². The van der Waals surface area contributed by atoms with E-state index in [9.17, 15) is 0 Å². The molecule has 1 spiro atoms. The molecule has 0 amide bonds. The zero-order chi connectivity index (χ0) is 33.9.